The summed E-state index contributed by atoms with van der Waals surface area (Å²) in [6.45, 7) is 3.77. The van der Waals surface area contributed by atoms with Crippen LogP contribution in [-0.4, -0.2) is 52.2 Å². The zero-order valence-electron chi connectivity index (χ0n) is 15.2. The number of aliphatic imine (C=N–C) groups is 1. The molecule has 1 unspecified atom stereocenters. The number of rotatable bonds is 5. The Labute approximate surface area is 159 Å². The number of nitrogens with zero attached hydrogens (tertiary/aromatic N) is 1. The lowest BCUT2D eigenvalue weighted by Gasteiger charge is -2.21. The van der Waals surface area contributed by atoms with E-state index < -0.39 is 31.9 Å². The Balaban J connectivity index is 1.88. The van der Waals surface area contributed by atoms with Gasteiger partial charge in [-0.3, -0.25) is 14.5 Å². The van der Waals surface area contributed by atoms with E-state index >= 15 is 0 Å². The first kappa shape index (κ1) is 19.8. The van der Waals surface area contributed by atoms with Crippen molar-refractivity contribution in [2.75, 3.05) is 11.5 Å². The van der Waals surface area contributed by atoms with Crippen LogP contribution in [0.5, 0.6) is 0 Å². The van der Waals surface area contributed by atoms with Crippen molar-refractivity contribution in [3.63, 3.8) is 0 Å². The molecule has 27 heavy (non-hydrogen) atoms. The van der Waals surface area contributed by atoms with E-state index in [2.05, 4.69) is 15.0 Å². The number of fused-ring (bicyclic) bond motifs is 1. The zero-order chi connectivity index (χ0) is 19.8. The van der Waals surface area contributed by atoms with Gasteiger partial charge in [0.05, 0.1) is 16.4 Å². The van der Waals surface area contributed by atoms with Crippen molar-refractivity contribution in [1.29, 1.82) is 0 Å². The SMILES string of the molecule is CC[C@H](C)[C@H](N=C1NS(=O)(=O)c2ccccc21)C(=O)NC1CCS(=O)(=O)C1. The van der Waals surface area contributed by atoms with Crippen molar-refractivity contribution in [1.82, 2.24) is 10.0 Å². The summed E-state index contributed by atoms with van der Waals surface area (Å²) in [6.07, 6.45) is 1.04. The van der Waals surface area contributed by atoms with E-state index in [4.69, 9.17) is 0 Å². The van der Waals surface area contributed by atoms with Crippen molar-refractivity contribution < 1.29 is 21.6 Å². The van der Waals surface area contributed by atoms with E-state index in [1.807, 2.05) is 13.8 Å². The second-order valence-corrected chi connectivity index (χ2v) is 10.9. The number of sulfone groups is 1. The third-order valence-electron chi connectivity index (χ3n) is 4.96. The number of sulfonamides is 1. The standard InChI is InChI=1S/C17H23N3O5S2/c1-3-11(2)15(17(21)18-12-8-9-26(22,23)10-12)19-16-13-6-4-5-7-14(13)27(24,25)20-16/h4-7,11-12,15H,3,8-10H2,1-2H3,(H,18,21)(H,19,20)/t11-,12?,15-/m0/s1. The maximum absolute atomic E-state index is 12.8. The number of hydrogen-bond acceptors (Lipinski definition) is 6. The van der Waals surface area contributed by atoms with Crippen molar-refractivity contribution in [2.24, 2.45) is 10.9 Å². The monoisotopic (exact) mass is 413 g/mol. The van der Waals surface area contributed by atoms with E-state index in [0.29, 0.717) is 18.4 Å². The van der Waals surface area contributed by atoms with Crippen LogP contribution in [0, 0.1) is 5.92 Å². The summed E-state index contributed by atoms with van der Waals surface area (Å²) in [7, 11) is -6.80. The highest BCUT2D eigenvalue weighted by atomic mass is 32.2. The summed E-state index contributed by atoms with van der Waals surface area (Å²) in [5, 5.41) is 2.77. The fourth-order valence-corrected chi connectivity index (χ4v) is 6.14. The number of hydrogen-bond donors (Lipinski definition) is 2. The lowest BCUT2D eigenvalue weighted by atomic mass is 9.98. The summed E-state index contributed by atoms with van der Waals surface area (Å²) >= 11 is 0. The molecule has 0 bridgehead atoms. The molecule has 2 N–H and O–H groups in total. The van der Waals surface area contributed by atoms with Gasteiger partial charge in [0.25, 0.3) is 10.0 Å². The predicted octanol–water partition coefficient (Wildman–Crippen LogP) is 0.443. The van der Waals surface area contributed by atoms with Crippen molar-refractivity contribution in [3.8, 4) is 0 Å². The zero-order valence-corrected chi connectivity index (χ0v) is 16.8. The lowest BCUT2D eigenvalue weighted by molar-refractivity contribution is -0.123. The molecule has 3 rings (SSSR count). The third-order valence-corrected chi connectivity index (χ3v) is 8.13. The van der Waals surface area contributed by atoms with Crippen LogP contribution < -0.4 is 10.0 Å². The maximum Gasteiger partial charge on any atom is 0.263 e. The average molecular weight is 414 g/mol. The molecule has 1 saturated heterocycles. The van der Waals surface area contributed by atoms with Gasteiger partial charge in [-0.1, -0.05) is 32.4 Å². The highest BCUT2D eigenvalue weighted by Crippen LogP contribution is 2.24. The molecule has 0 spiro atoms. The molecule has 3 atom stereocenters. The van der Waals surface area contributed by atoms with E-state index in [1.54, 1.807) is 18.2 Å². The van der Waals surface area contributed by atoms with Gasteiger partial charge in [0.15, 0.2) is 9.84 Å². The molecule has 2 aliphatic heterocycles. The first-order chi connectivity index (χ1) is 12.6. The van der Waals surface area contributed by atoms with E-state index in [1.165, 1.54) is 6.07 Å². The summed E-state index contributed by atoms with van der Waals surface area (Å²) in [4.78, 5) is 17.3. The summed E-state index contributed by atoms with van der Waals surface area (Å²) in [5.41, 5.74) is 0.432. The highest BCUT2D eigenvalue weighted by Gasteiger charge is 2.35. The molecular formula is C17H23N3O5S2. The van der Waals surface area contributed by atoms with Crippen molar-refractivity contribution in [2.45, 2.75) is 43.7 Å². The van der Waals surface area contributed by atoms with Crippen LogP contribution >= 0.6 is 0 Å². The molecule has 8 nitrogen and oxygen atoms in total. The van der Waals surface area contributed by atoms with Gasteiger partial charge in [-0.15, -0.1) is 0 Å². The van der Waals surface area contributed by atoms with Gasteiger partial charge in [-0.25, -0.2) is 16.8 Å². The predicted molar refractivity (Wildman–Crippen MR) is 102 cm³/mol. The van der Waals surface area contributed by atoms with Crippen LogP contribution in [0.15, 0.2) is 34.2 Å². The van der Waals surface area contributed by atoms with Crippen molar-refractivity contribution >= 4 is 31.6 Å². The van der Waals surface area contributed by atoms with Crippen LogP contribution in [0.3, 0.4) is 0 Å². The number of nitrogens with one attached hydrogen (secondary N) is 2. The fourth-order valence-electron chi connectivity index (χ4n) is 3.23. The van der Waals surface area contributed by atoms with Gasteiger partial charge < -0.3 is 5.32 Å². The van der Waals surface area contributed by atoms with Crippen LogP contribution in [0.2, 0.25) is 0 Å². The molecular weight excluding hydrogens is 390 g/mol. The first-order valence-corrected chi connectivity index (χ1v) is 12.1. The molecule has 2 aliphatic rings. The Kier molecular flexibility index (Phi) is 5.31. The summed E-state index contributed by atoms with van der Waals surface area (Å²) in [6, 6.07) is 5.21. The number of carbonyl (C=O) groups is 1. The quantitative estimate of drug-likeness (QED) is 0.725. The molecule has 0 aromatic heterocycles. The van der Waals surface area contributed by atoms with Crippen LogP contribution in [0.1, 0.15) is 32.3 Å². The third kappa shape index (κ3) is 4.16. The molecule has 148 valence electrons. The van der Waals surface area contributed by atoms with Crippen LogP contribution in [-0.2, 0) is 24.7 Å². The normalized spacial score (nSPS) is 26.1. The van der Waals surface area contributed by atoms with Gasteiger partial charge in [0.2, 0.25) is 5.91 Å². The Morgan fingerprint density at radius 3 is 2.63 bits per heavy atom. The second kappa shape index (κ2) is 7.23. The molecule has 0 aliphatic carbocycles. The molecule has 1 aromatic carbocycles. The van der Waals surface area contributed by atoms with Crippen molar-refractivity contribution in [3.05, 3.63) is 29.8 Å². The average Bonchev–Trinajstić information content (AvgIpc) is 3.08. The minimum Gasteiger partial charge on any atom is -0.350 e. The van der Waals surface area contributed by atoms with Crippen LogP contribution in [0.25, 0.3) is 0 Å². The Bertz CT molecular complexity index is 986. The maximum atomic E-state index is 12.8. The number of benzene rings is 1. The second-order valence-electron chi connectivity index (χ2n) is 7.02. The molecule has 10 heteroatoms. The topological polar surface area (TPSA) is 122 Å². The molecule has 1 fully saturated rings. The molecule has 0 saturated carbocycles. The Hall–Kier alpha value is -1.94. The molecule has 1 aromatic rings. The van der Waals surface area contributed by atoms with E-state index in [9.17, 15) is 21.6 Å². The number of amides is 1. The molecule has 0 radical (unpaired) electrons. The van der Waals surface area contributed by atoms with E-state index in [0.717, 1.165) is 0 Å². The number of carbonyl (C=O) groups excluding carboxylic acids is 1. The minimum atomic E-state index is -3.69. The Morgan fingerprint density at radius 1 is 1.30 bits per heavy atom. The van der Waals surface area contributed by atoms with Gasteiger partial charge >= 0.3 is 0 Å². The van der Waals surface area contributed by atoms with Gasteiger partial charge in [-0.05, 0) is 24.5 Å². The highest BCUT2D eigenvalue weighted by molar-refractivity contribution is 7.91. The largest absolute Gasteiger partial charge is 0.350 e. The fraction of sp³-hybridized carbons (Fsp3) is 0.529. The minimum absolute atomic E-state index is 0.0631. The molecule has 1 amide bonds. The van der Waals surface area contributed by atoms with E-state index in [-0.39, 0.29) is 34.1 Å². The first-order valence-electron chi connectivity index (χ1n) is 8.84. The smallest absolute Gasteiger partial charge is 0.263 e. The molecule has 2 heterocycles. The summed E-state index contributed by atoms with van der Waals surface area (Å²) < 4.78 is 50.1. The van der Waals surface area contributed by atoms with Gasteiger partial charge in [0.1, 0.15) is 11.9 Å². The lowest BCUT2D eigenvalue weighted by Crippen LogP contribution is -2.44. The van der Waals surface area contributed by atoms with Crippen LogP contribution in [0.4, 0.5) is 0 Å². The van der Waals surface area contributed by atoms with Gasteiger partial charge in [0, 0.05) is 11.6 Å². The number of amidine groups is 1. The summed E-state index contributed by atoms with van der Waals surface area (Å²) in [5.74, 6) is -0.397. The van der Waals surface area contributed by atoms with Gasteiger partial charge in [-0.2, -0.15) is 0 Å². The Morgan fingerprint density at radius 2 is 2.00 bits per heavy atom.